The SMILES string of the molecule is Cc1cc(C)c(N2CC[N+](c3c(C)cc(C)cc3C)=C2Br)c(C)c1.Cc1cc(C)c(N2CC[N+](c3c(C)cc(C)cc3C)=C2Br)c(C)c1.ClC(Cl)Cl.ClC(Cl)Cl.ClC(Cl)Cl.[Br-].[Br-]. The van der Waals surface area contributed by atoms with E-state index >= 15 is 0 Å². The zero-order valence-corrected chi connectivity index (χ0v) is 50.0. The fourth-order valence-electron chi connectivity index (χ4n) is 8.27. The second kappa shape index (κ2) is 29.3. The van der Waals surface area contributed by atoms with Crippen LogP contribution in [0.15, 0.2) is 48.5 Å². The average Bonchev–Trinajstić information content (AvgIpc) is 3.61. The van der Waals surface area contributed by atoms with Crippen LogP contribution >= 0.6 is 136 Å². The first-order valence-corrected chi connectivity index (χ1v) is 24.5. The molecule has 6 rings (SSSR count). The molecule has 0 amide bonds. The normalized spacial score (nSPS) is 13.1. The zero-order valence-electron chi connectivity index (χ0n) is 36.9. The number of amidine groups is 2. The summed E-state index contributed by atoms with van der Waals surface area (Å²) < 4.78 is 4.85. The maximum Gasteiger partial charge on any atom is 0.326 e. The van der Waals surface area contributed by atoms with Crippen molar-refractivity contribution in [3.8, 4) is 0 Å². The van der Waals surface area contributed by atoms with Gasteiger partial charge in [-0.3, -0.25) is 0 Å². The summed E-state index contributed by atoms with van der Waals surface area (Å²) >= 11 is 51.0. The lowest BCUT2D eigenvalue weighted by Crippen LogP contribution is -3.00. The molecule has 0 saturated heterocycles. The smallest absolute Gasteiger partial charge is 0.326 e. The summed E-state index contributed by atoms with van der Waals surface area (Å²) in [5.74, 6) is 0. The third-order valence-electron chi connectivity index (χ3n) is 9.61. The second-order valence-electron chi connectivity index (χ2n) is 14.9. The largest absolute Gasteiger partial charge is 1.00 e. The lowest BCUT2D eigenvalue weighted by molar-refractivity contribution is -0.426. The van der Waals surface area contributed by atoms with Gasteiger partial charge in [-0.2, -0.15) is 0 Å². The number of nitrogens with zero attached hydrogens (tertiary/aromatic N) is 4. The first kappa shape index (κ1) is 62.4. The van der Waals surface area contributed by atoms with Gasteiger partial charge in [0, 0.05) is 31.9 Å². The summed E-state index contributed by atoms with van der Waals surface area (Å²) in [6.07, 6.45) is 0. The molecule has 2 heterocycles. The molecule has 2 aliphatic rings. The minimum Gasteiger partial charge on any atom is -1.00 e. The average molecular weight is 1290 g/mol. The van der Waals surface area contributed by atoms with E-state index in [1.165, 1.54) is 89.5 Å². The van der Waals surface area contributed by atoms with E-state index in [1.54, 1.807) is 0 Å². The van der Waals surface area contributed by atoms with E-state index < -0.39 is 12.9 Å². The Kier molecular flexibility index (Phi) is 29.5. The van der Waals surface area contributed by atoms with E-state index in [1.807, 2.05) is 0 Å². The van der Waals surface area contributed by atoms with Crippen LogP contribution in [-0.2, 0) is 0 Å². The van der Waals surface area contributed by atoms with E-state index in [4.69, 9.17) is 104 Å². The molecule has 0 fully saturated rings. The standard InChI is InChI=1S/2C21H26BrN2.3CHCl3.2BrH/c2*1-13-9-15(3)19(16(4)10-13)23-7-8-24(21(23)22)20-17(5)11-14(2)12-18(20)6;3*2-1(3)4;;/h2*9-12H,7-8H2,1-6H3;3*1H;2*1H/q2*+1;;;;;/p-2. The highest BCUT2D eigenvalue weighted by atomic mass is 79.9. The van der Waals surface area contributed by atoms with E-state index in [-0.39, 0.29) is 34.0 Å². The molecule has 0 unspecified atom stereocenters. The van der Waals surface area contributed by atoms with Gasteiger partial charge in [0.25, 0.3) is 0 Å². The van der Waals surface area contributed by atoms with Crippen molar-refractivity contribution < 1.29 is 43.1 Å². The predicted molar refractivity (Wildman–Crippen MR) is 279 cm³/mol. The van der Waals surface area contributed by atoms with Gasteiger partial charge < -0.3 is 34.0 Å². The van der Waals surface area contributed by atoms with E-state index in [9.17, 15) is 0 Å². The van der Waals surface area contributed by atoms with Crippen LogP contribution in [0.3, 0.4) is 0 Å². The third-order valence-corrected chi connectivity index (χ3v) is 11.3. The Morgan fingerprint density at radius 2 is 0.565 bits per heavy atom. The molecular weight excluding hydrogens is 1240 g/mol. The lowest BCUT2D eigenvalue weighted by Gasteiger charge is -2.16. The molecule has 4 aromatic rings. The Morgan fingerprint density at radius 3 is 0.758 bits per heavy atom. The summed E-state index contributed by atoms with van der Waals surface area (Å²) in [5, 5.41) is 0. The number of benzene rings is 4. The Morgan fingerprint density at radius 1 is 0.387 bits per heavy atom. The molecule has 4 aromatic carbocycles. The van der Waals surface area contributed by atoms with Crippen molar-refractivity contribution >= 4 is 169 Å². The maximum atomic E-state index is 4.81. The number of aryl methyl sites for hydroxylation is 12. The van der Waals surface area contributed by atoms with E-state index in [2.05, 4.69) is 182 Å². The summed E-state index contributed by atoms with van der Waals surface area (Å²) in [6.45, 7) is 30.3. The monoisotopic (exact) mass is 1280 g/mol. The molecule has 0 N–H and O–H groups in total. The van der Waals surface area contributed by atoms with Crippen LogP contribution in [0.1, 0.15) is 66.8 Å². The molecule has 0 bridgehead atoms. The Hall–Kier alpha value is 0.350. The highest BCUT2D eigenvalue weighted by Crippen LogP contribution is 2.35. The molecule has 0 spiro atoms. The Bertz CT molecular complexity index is 1920. The summed E-state index contributed by atoms with van der Waals surface area (Å²) in [7, 11) is 0. The molecule has 0 radical (unpaired) electrons. The minimum absolute atomic E-state index is 0. The molecule has 0 aromatic heterocycles. The molecule has 0 aliphatic carbocycles. The Labute approximate surface area is 453 Å². The number of anilines is 2. The fraction of sp³-hybridized carbons (Fsp3) is 0.422. The van der Waals surface area contributed by atoms with Crippen molar-refractivity contribution in [2.24, 2.45) is 0 Å². The molecule has 4 nitrogen and oxygen atoms in total. The number of rotatable bonds is 4. The zero-order chi connectivity index (χ0) is 45.9. The van der Waals surface area contributed by atoms with Crippen molar-refractivity contribution in [3.63, 3.8) is 0 Å². The highest BCUT2D eigenvalue weighted by Gasteiger charge is 2.36. The van der Waals surface area contributed by atoms with Gasteiger partial charge >= 0.3 is 9.49 Å². The molecular formula is C45H55Br4Cl9N4. The van der Waals surface area contributed by atoms with Gasteiger partial charge in [0.05, 0.1) is 0 Å². The van der Waals surface area contributed by atoms with Gasteiger partial charge in [-0.25, -0.2) is 19.0 Å². The van der Waals surface area contributed by atoms with Gasteiger partial charge in [-0.15, -0.1) is 0 Å². The molecule has 17 heteroatoms. The van der Waals surface area contributed by atoms with Gasteiger partial charge in [0.1, 0.15) is 48.9 Å². The molecule has 62 heavy (non-hydrogen) atoms. The summed E-state index contributed by atoms with van der Waals surface area (Å²) in [5.41, 5.74) is 21.3. The number of hydrogen-bond donors (Lipinski definition) is 0. The quantitative estimate of drug-likeness (QED) is 0.115. The Balaban J connectivity index is 0.000000929. The van der Waals surface area contributed by atoms with Crippen LogP contribution in [0, 0.1) is 83.1 Å². The van der Waals surface area contributed by atoms with Crippen LogP contribution in [0.25, 0.3) is 0 Å². The molecule has 0 saturated carbocycles. The summed E-state index contributed by atoms with van der Waals surface area (Å²) in [4.78, 5) is 4.81. The van der Waals surface area contributed by atoms with Gasteiger partial charge in [0.15, 0.2) is 12.9 Å². The second-order valence-corrected chi connectivity index (χ2v) is 22.2. The maximum absolute atomic E-state index is 4.81. The molecule has 346 valence electrons. The molecule has 0 atom stereocenters. The van der Waals surface area contributed by atoms with Crippen molar-refractivity contribution in [1.29, 1.82) is 0 Å². The van der Waals surface area contributed by atoms with Crippen molar-refractivity contribution in [3.05, 3.63) is 115 Å². The van der Waals surface area contributed by atoms with Crippen LogP contribution in [-0.4, -0.2) is 57.7 Å². The third kappa shape index (κ3) is 18.8. The van der Waals surface area contributed by atoms with Crippen LogP contribution in [0.2, 0.25) is 0 Å². The number of halogens is 13. The first-order valence-electron chi connectivity index (χ1n) is 19.0. The van der Waals surface area contributed by atoms with Crippen LogP contribution < -0.4 is 43.8 Å². The van der Waals surface area contributed by atoms with Crippen molar-refractivity contribution in [1.82, 2.24) is 0 Å². The van der Waals surface area contributed by atoms with E-state index in [0.717, 1.165) is 35.7 Å². The summed E-state index contributed by atoms with van der Waals surface area (Å²) in [6, 6.07) is 18.2. The fourth-order valence-corrected chi connectivity index (χ4v) is 9.69. The van der Waals surface area contributed by atoms with Crippen molar-refractivity contribution in [2.45, 2.75) is 96.0 Å². The van der Waals surface area contributed by atoms with Crippen molar-refractivity contribution in [2.75, 3.05) is 36.0 Å². The van der Waals surface area contributed by atoms with Crippen LogP contribution in [0.4, 0.5) is 22.7 Å². The molecule has 2 aliphatic heterocycles. The minimum atomic E-state index is -0.750. The van der Waals surface area contributed by atoms with Gasteiger partial charge in [-0.05, 0) is 128 Å². The van der Waals surface area contributed by atoms with Gasteiger partial charge in [-0.1, -0.05) is 175 Å². The number of hydrogen-bond acceptors (Lipinski definition) is 2. The van der Waals surface area contributed by atoms with Crippen LogP contribution in [0.5, 0.6) is 0 Å². The lowest BCUT2D eigenvalue weighted by atomic mass is 10.0. The number of alkyl halides is 9. The highest BCUT2D eigenvalue weighted by molar-refractivity contribution is 9.18. The van der Waals surface area contributed by atoms with E-state index in [0.29, 0.717) is 0 Å². The first-order chi connectivity index (χ1) is 27.8. The van der Waals surface area contributed by atoms with Gasteiger partial charge in [0.2, 0.25) is 0 Å². The predicted octanol–water partition coefficient (Wildman–Crippen LogP) is 10.9. The topological polar surface area (TPSA) is 12.5 Å².